The largest absolute Gasteiger partial charge is 0.481 e. The monoisotopic (exact) mass is 389 g/mol. The van der Waals surface area contributed by atoms with Crippen molar-refractivity contribution < 1.29 is 18.3 Å². The Balaban J connectivity index is 3.12. The highest BCUT2D eigenvalue weighted by Gasteiger charge is 2.30. The highest BCUT2D eigenvalue weighted by atomic mass is 79.9. The Kier molecular flexibility index (Phi) is 5.81. The maximum atomic E-state index is 12.4. The van der Waals surface area contributed by atoms with Crippen LogP contribution in [0.4, 0.5) is 0 Å². The number of carbonyl (C=O) groups is 1. The molecule has 108 valence electrons. The Morgan fingerprint density at radius 2 is 2.21 bits per heavy atom. The smallest absolute Gasteiger partial charge is 0.304 e. The second kappa shape index (κ2) is 6.53. The number of aliphatic carboxylic acids is 1. The Hall–Kier alpha value is -0.150. The van der Waals surface area contributed by atoms with Crippen molar-refractivity contribution in [3.8, 4) is 0 Å². The minimum atomic E-state index is -3.72. The molecule has 0 fully saturated rings. The molecule has 0 aliphatic heterocycles. The summed E-state index contributed by atoms with van der Waals surface area (Å²) < 4.78 is 26.6. The van der Waals surface area contributed by atoms with E-state index in [1.165, 1.54) is 6.07 Å². The first-order valence-corrected chi connectivity index (χ1v) is 8.81. The van der Waals surface area contributed by atoms with Crippen LogP contribution in [0.15, 0.2) is 14.1 Å². The van der Waals surface area contributed by atoms with Crippen molar-refractivity contribution >= 4 is 54.9 Å². The molecule has 1 rings (SSSR count). The van der Waals surface area contributed by atoms with Crippen molar-refractivity contribution in [3.05, 3.63) is 14.9 Å². The number of nitrogens with zero attached hydrogens (tertiary/aromatic N) is 1. The van der Waals surface area contributed by atoms with E-state index in [4.69, 9.17) is 16.7 Å². The zero-order valence-electron chi connectivity index (χ0n) is 10.3. The SMILES string of the molecule is CCN(C(C)CC(=O)O)S(=O)(=O)c1cc(Cl)c(Br)s1. The van der Waals surface area contributed by atoms with E-state index >= 15 is 0 Å². The highest BCUT2D eigenvalue weighted by Crippen LogP contribution is 2.36. The molecule has 1 heterocycles. The zero-order valence-corrected chi connectivity index (χ0v) is 14.2. The molecule has 0 bridgehead atoms. The Morgan fingerprint density at radius 1 is 1.63 bits per heavy atom. The lowest BCUT2D eigenvalue weighted by molar-refractivity contribution is -0.137. The zero-order chi connectivity index (χ0) is 14.8. The van der Waals surface area contributed by atoms with Gasteiger partial charge in [-0.1, -0.05) is 18.5 Å². The van der Waals surface area contributed by atoms with Crippen molar-refractivity contribution in [1.82, 2.24) is 4.31 Å². The van der Waals surface area contributed by atoms with Crippen LogP contribution in [-0.2, 0) is 14.8 Å². The fraction of sp³-hybridized carbons (Fsp3) is 0.500. The molecule has 9 heteroatoms. The number of hydrogen-bond acceptors (Lipinski definition) is 4. The molecule has 1 atom stereocenters. The molecule has 19 heavy (non-hydrogen) atoms. The predicted octanol–water partition coefficient (Wildman–Crippen LogP) is 3.04. The molecule has 0 spiro atoms. The number of sulfonamides is 1. The quantitative estimate of drug-likeness (QED) is 0.810. The number of thiophene rings is 1. The summed E-state index contributed by atoms with van der Waals surface area (Å²) in [6.07, 6.45) is -0.243. The summed E-state index contributed by atoms with van der Waals surface area (Å²) in [6, 6.07) is 0.745. The molecule has 0 aromatic carbocycles. The minimum Gasteiger partial charge on any atom is -0.481 e. The van der Waals surface area contributed by atoms with E-state index < -0.39 is 22.0 Å². The van der Waals surface area contributed by atoms with Crippen molar-refractivity contribution in [1.29, 1.82) is 0 Å². The second-order valence-electron chi connectivity index (χ2n) is 3.84. The third-order valence-electron chi connectivity index (χ3n) is 2.46. The highest BCUT2D eigenvalue weighted by molar-refractivity contribution is 9.11. The van der Waals surface area contributed by atoms with Gasteiger partial charge in [-0.3, -0.25) is 4.79 Å². The van der Waals surface area contributed by atoms with Crippen molar-refractivity contribution in [2.24, 2.45) is 0 Å². The average Bonchev–Trinajstić information content (AvgIpc) is 2.59. The van der Waals surface area contributed by atoms with Gasteiger partial charge in [0, 0.05) is 12.6 Å². The predicted molar refractivity (Wildman–Crippen MR) is 78.3 cm³/mol. The van der Waals surface area contributed by atoms with E-state index in [2.05, 4.69) is 15.9 Å². The van der Waals surface area contributed by atoms with Gasteiger partial charge < -0.3 is 5.11 Å². The van der Waals surface area contributed by atoms with Gasteiger partial charge in [-0.25, -0.2) is 8.42 Å². The third kappa shape index (κ3) is 3.91. The molecule has 1 aromatic heterocycles. The topological polar surface area (TPSA) is 74.7 Å². The average molecular weight is 391 g/mol. The fourth-order valence-electron chi connectivity index (χ4n) is 1.64. The molecule has 5 nitrogen and oxygen atoms in total. The first kappa shape index (κ1) is 16.9. The van der Waals surface area contributed by atoms with Gasteiger partial charge in [-0.15, -0.1) is 11.3 Å². The van der Waals surface area contributed by atoms with Crippen LogP contribution in [0.2, 0.25) is 5.02 Å². The molecule has 1 N–H and O–H groups in total. The second-order valence-corrected chi connectivity index (χ2v) is 8.74. The van der Waals surface area contributed by atoms with Crippen LogP contribution >= 0.6 is 38.9 Å². The Labute approximate surface area is 129 Å². The number of rotatable bonds is 6. The third-order valence-corrected chi connectivity index (χ3v) is 7.47. The molecule has 0 radical (unpaired) electrons. The van der Waals surface area contributed by atoms with E-state index in [9.17, 15) is 13.2 Å². The molecule has 0 saturated carbocycles. The lowest BCUT2D eigenvalue weighted by atomic mass is 10.2. The van der Waals surface area contributed by atoms with Gasteiger partial charge in [0.15, 0.2) is 0 Å². The van der Waals surface area contributed by atoms with Crippen LogP contribution in [0.5, 0.6) is 0 Å². The molecule has 0 amide bonds. The van der Waals surface area contributed by atoms with Crippen LogP contribution in [0.1, 0.15) is 20.3 Å². The minimum absolute atomic E-state index is 0.100. The standard InChI is InChI=1S/C10H13BrClNO4S2/c1-3-13(6(2)4-8(14)15)19(16,17)9-5-7(12)10(11)18-9/h5-6H,3-4H2,1-2H3,(H,14,15). The number of carboxylic acid groups (broad SMARTS) is 1. The van der Waals surface area contributed by atoms with Crippen LogP contribution in [0, 0.1) is 0 Å². The van der Waals surface area contributed by atoms with E-state index in [1.807, 2.05) is 0 Å². The van der Waals surface area contributed by atoms with Gasteiger partial charge in [0.05, 0.1) is 15.2 Å². The molecular formula is C10H13BrClNO4S2. The van der Waals surface area contributed by atoms with Gasteiger partial charge in [-0.05, 0) is 28.9 Å². The molecule has 0 saturated heterocycles. The molecule has 0 aliphatic rings. The van der Waals surface area contributed by atoms with E-state index in [0.717, 1.165) is 15.6 Å². The maximum Gasteiger partial charge on any atom is 0.304 e. The Morgan fingerprint density at radius 3 is 2.58 bits per heavy atom. The van der Waals surface area contributed by atoms with Crippen LogP contribution < -0.4 is 0 Å². The number of hydrogen-bond donors (Lipinski definition) is 1. The first-order chi connectivity index (χ1) is 8.70. The first-order valence-electron chi connectivity index (χ1n) is 5.38. The van der Waals surface area contributed by atoms with Gasteiger partial charge in [0.2, 0.25) is 0 Å². The summed E-state index contributed by atoms with van der Waals surface area (Å²) in [4.78, 5) is 10.7. The molecule has 1 aromatic rings. The maximum absolute atomic E-state index is 12.4. The van der Waals surface area contributed by atoms with Gasteiger partial charge in [-0.2, -0.15) is 4.31 Å². The summed E-state index contributed by atoms with van der Waals surface area (Å²) in [7, 11) is -3.72. The normalized spacial score (nSPS) is 13.7. The molecular weight excluding hydrogens is 378 g/mol. The Bertz CT molecular complexity index is 553. The van der Waals surface area contributed by atoms with E-state index in [1.54, 1.807) is 13.8 Å². The van der Waals surface area contributed by atoms with Gasteiger partial charge >= 0.3 is 5.97 Å². The number of carboxylic acids is 1. The van der Waals surface area contributed by atoms with Gasteiger partial charge in [0.25, 0.3) is 10.0 Å². The van der Waals surface area contributed by atoms with Crippen LogP contribution in [-0.4, -0.2) is 36.4 Å². The molecule has 0 aliphatic carbocycles. The van der Waals surface area contributed by atoms with Crippen molar-refractivity contribution in [2.75, 3.05) is 6.54 Å². The van der Waals surface area contributed by atoms with E-state index in [-0.39, 0.29) is 17.2 Å². The summed E-state index contributed by atoms with van der Waals surface area (Å²) in [5.74, 6) is -1.04. The summed E-state index contributed by atoms with van der Waals surface area (Å²) in [6.45, 7) is 3.43. The summed E-state index contributed by atoms with van der Waals surface area (Å²) >= 11 is 10.0. The van der Waals surface area contributed by atoms with Crippen LogP contribution in [0.3, 0.4) is 0 Å². The molecule has 1 unspecified atom stereocenters. The van der Waals surface area contributed by atoms with E-state index in [0.29, 0.717) is 8.81 Å². The van der Waals surface area contributed by atoms with Crippen LogP contribution in [0.25, 0.3) is 0 Å². The fourth-order valence-corrected chi connectivity index (χ4v) is 5.81. The lowest BCUT2D eigenvalue weighted by Crippen LogP contribution is -2.39. The van der Waals surface area contributed by atoms with Crippen molar-refractivity contribution in [2.45, 2.75) is 30.5 Å². The lowest BCUT2D eigenvalue weighted by Gasteiger charge is -2.25. The van der Waals surface area contributed by atoms with Gasteiger partial charge in [0.1, 0.15) is 4.21 Å². The van der Waals surface area contributed by atoms with Crippen molar-refractivity contribution in [3.63, 3.8) is 0 Å². The summed E-state index contributed by atoms with van der Waals surface area (Å²) in [5.41, 5.74) is 0. The summed E-state index contributed by atoms with van der Waals surface area (Å²) in [5, 5.41) is 9.09. The number of halogens is 2.